The molecule has 4 heteroatoms. The third kappa shape index (κ3) is 3.96. The normalized spacial score (nSPS) is 16.7. The van der Waals surface area contributed by atoms with Crippen molar-refractivity contribution >= 4 is 5.96 Å². The van der Waals surface area contributed by atoms with Crippen molar-refractivity contribution < 1.29 is 0 Å². The van der Waals surface area contributed by atoms with Crippen LogP contribution < -0.4 is 10.6 Å². The van der Waals surface area contributed by atoms with Crippen LogP contribution in [0.3, 0.4) is 0 Å². The molecule has 0 radical (unpaired) electrons. The van der Waals surface area contributed by atoms with E-state index >= 15 is 0 Å². The van der Waals surface area contributed by atoms with Gasteiger partial charge in [-0.1, -0.05) is 29.8 Å². The fourth-order valence-corrected chi connectivity index (χ4v) is 2.23. The van der Waals surface area contributed by atoms with Crippen LogP contribution in [0.2, 0.25) is 0 Å². The van der Waals surface area contributed by atoms with Crippen LogP contribution in [-0.2, 0) is 0 Å². The molecule has 0 aromatic heterocycles. The molecule has 1 heterocycles. The number of nitrogens with one attached hydrogen (secondary N) is 2. The summed E-state index contributed by atoms with van der Waals surface area (Å²) < 4.78 is 0. The third-order valence-corrected chi connectivity index (χ3v) is 3.45. The van der Waals surface area contributed by atoms with E-state index in [-0.39, 0.29) is 0 Å². The van der Waals surface area contributed by atoms with Crippen molar-refractivity contribution in [2.75, 3.05) is 33.7 Å². The highest BCUT2D eigenvalue weighted by molar-refractivity contribution is 5.80. The lowest BCUT2D eigenvalue weighted by Crippen LogP contribution is -2.44. The Morgan fingerprint density at radius 1 is 1.32 bits per heavy atom. The summed E-state index contributed by atoms with van der Waals surface area (Å²) in [5, 5.41) is 6.71. The molecule has 1 unspecified atom stereocenters. The van der Waals surface area contributed by atoms with Crippen LogP contribution in [-0.4, -0.2) is 44.6 Å². The number of aliphatic imine (C=N–C) groups is 1. The zero-order valence-electron chi connectivity index (χ0n) is 12.1. The lowest BCUT2D eigenvalue weighted by molar-refractivity contribution is 0.298. The Labute approximate surface area is 115 Å². The van der Waals surface area contributed by atoms with Crippen molar-refractivity contribution in [3.63, 3.8) is 0 Å². The number of rotatable bonds is 4. The third-order valence-electron chi connectivity index (χ3n) is 3.45. The molecule has 0 saturated heterocycles. The van der Waals surface area contributed by atoms with E-state index in [9.17, 15) is 0 Å². The molecule has 0 fully saturated rings. The maximum absolute atomic E-state index is 4.44. The summed E-state index contributed by atoms with van der Waals surface area (Å²) in [5.41, 5.74) is 2.63. The standard InChI is InChI=1S/C15H24N4/c1-12-5-7-13(8-6-12)14(19(2)3)11-18-15-16-9-4-10-17-15/h5-8,14H,4,9-11H2,1-3H3,(H2,16,17,18). The molecule has 1 atom stereocenters. The Balaban J connectivity index is 2.00. The molecule has 0 bridgehead atoms. The van der Waals surface area contributed by atoms with Crippen molar-refractivity contribution in [3.8, 4) is 0 Å². The summed E-state index contributed by atoms with van der Waals surface area (Å²) in [6, 6.07) is 9.10. The van der Waals surface area contributed by atoms with E-state index in [0.29, 0.717) is 6.04 Å². The Bertz CT molecular complexity index is 422. The van der Waals surface area contributed by atoms with Gasteiger partial charge in [0.05, 0.1) is 6.04 Å². The molecule has 0 amide bonds. The van der Waals surface area contributed by atoms with Gasteiger partial charge in [-0.15, -0.1) is 0 Å². The van der Waals surface area contributed by atoms with Crippen molar-refractivity contribution in [1.82, 2.24) is 15.5 Å². The molecule has 2 N–H and O–H groups in total. The first-order valence-corrected chi connectivity index (χ1v) is 6.92. The van der Waals surface area contributed by atoms with E-state index in [0.717, 1.165) is 32.0 Å². The van der Waals surface area contributed by atoms with Gasteiger partial charge in [0.15, 0.2) is 5.96 Å². The van der Waals surface area contributed by atoms with Crippen LogP contribution in [0.15, 0.2) is 29.3 Å². The lowest BCUT2D eigenvalue weighted by Gasteiger charge is -2.27. The molecular weight excluding hydrogens is 236 g/mol. The molecule has 0 aliphatic carbocycles. The second-order valence-electron chi connectivity index (χ2n) is 5.28. The summed E-state index contributed by atoms with van der Waals surface area (Å²) in [6.07, 6.45) is 1.13. The van der Waals surface area contributed by atoms with Gasteiger partial charge in [0.2, 0.25) is 0 Å². The molecule has 1 aliphatic rings. The monoisotopic (exact) mass is 260 g/mol. The quantitative estimate of drug-likeness (QED) is 0.862. The molecule has 2 rings (SSSR count). The van der Waals surface area contributed by atoms with Crippen molar-refractivity contribution in [3.05, 3.63) is 35.4 Å². The number of hydrogen-bond donors (Lipinski definition) is 2. The Morgan fingerprint density at radius 2 is 2.05 bits per heavy atom. The average molecular weight is 260 g/mol. The summed E-state index contributed by atoms with van der Waals surface area (Å²) in [7, 11) is 4.23. The van der Waals surface area contributed by atoms with Crippen LogP contribution in [0.4, 0.5) is 0 Å². The highest BCUT2D eigenvalue weighted by Gasteiger charge is 2.15. The van der Waals surface area contributed by atoms with Crippen molar-refractivity contribution in [1.29, 1.82) is 0 Å². The maximum atomic E-state index is 4.44. The Hall–Kier alpha value is -1.55. The Kier molecular flexibility index (Phi) is 4.80. The van der Waals surface area contributed by atoms with Crippen LogP contribution in [0.1, 0.15) is 23.6 Å². The number of nitrogens with zero attached hydrogens (tertiary/aromatic N) is 2. The number of aryl methyl sites for hydroxylation is 1. The predicted octanol–water partition coefficient (Wildman–Crippen LogP) is 1.54. The first-order valence-electron chi connectivity index (χ1n) is 6.92. The smallest absolute Gasteiger partial charge is 0.191 e. The number of likely N-dealkylation sites (N-methyl/N-ethyl adjacent to an activating group) is 1. The summed E-state index contributed by atoms with van der Waals surface area (Å²) >= 11 is 0. The molecule has 0 saturated carbocycles. The van der Waals surface area contributed by atoms with Crippen LogP contribution in [0.25, 0.3) is 0 Å². The van der Waals surface area contributed by atoms with E-state index in [2.05, 4.69) is 65.8 Å². The number of benzene rings is 1. The van der Waals surface area contributed by atoms with Gasteiger partial charge in [-0.05, 0) is 33.0 Å². The van der Waals surface area contributed by atoms with Gasteiger partial charge in [-0.2, -0.15) is 0 Å². The van der Waals surface area contributed by atoms with Gasteiger partial charge in [0, 0.05) is 19.6 Å². The highest BCUT2D eigenvalue weighted by Crippen LogP contribution is 2.17. The maximum Gasteiger partial charge on any atom is 0.191 e. The van der Waals surface area contributed by atoms with Crippen LogP contribution >= 0.6 is 0 Å². The van der Waals surface area contributed by atoms with Gasteiger partial charge < -0.3 is 15.5 Å². The fourth-order valence-electron chi connectivity index (χ4n) is 2.23. The van der Waals surface area contributed by atoms with Crippen molar-refractivity contribution in [2.24, 2.45) is 4.99 Å². The van der Waals surface area contributed by atoms with Gasteiger partial charge in [0.25, 0.3) is 0 Å². The highest BCUT2D eigenvalue weighted by atomic mass is 15.2. The molecule has 1 aromatic carbocycles. The zero-order valence-corrected chi connectivity index (χ0v) is 12.1. The average Bonchev–Trinajstić information content (AvgIpc) is 2.42. The molecule has 104 valence electrons. The molecular formula is C15H24N4. The van der Waals surface area contributed by atoms with Gasteiger partial charge in [-0.25, -0.2) is 0 Å². The van der Waals surface area contributed by atoms with E-state index in [1.54, 1.807) is 0 Å². The fraction of sp³-hybridized carbons (Fsp3) is 0.533. The minimum absolute atomic E-state index is 0.354. The molecule has 1 aromatic rings. The zero-order chi connectivity index (χ0) is 13.7. The van der Waals surface area contributed by atoms with Gasteiger partial charge in [-0.3, -0.25) is 4.99 Å². The summed E-state index contributed by atoms with van der Waals surface area (Å²) in [6.45, 7) is 4.92. The Morgan fingerprint density at radius 3 is 2.63 bits per heavy atom. The van der Waals surface area contributed by atoms with E-state index in [1.165, 1.54) is 11.1 Å². The first kappa shape index (κ1) is 13.9. The molecule has 4 nitrogen and oxygen atoms in total. The minimum Gasteiger partial charge on any atom is -0.356 e. The van der Waals surface area contributed by atoms with Crippen LogP contribution in [0, 0.1) is 6.92 Å². The largest absolute Gasteiger partial charge is 0.356 e. The molecule has 0 spiro atoms. The van der Waals surface area contributed by atoms with E-state index in [1.807, 2.05) is 0 Å². The van der Waals surface area contributed by atoms with Gasteiger partial charge >= 0.3 is 0 Å². The SMILES string of the molecule is Cc1ccc(C(CNC2=NCCCN2)N(C)C)cc1. The summed E-state index contributed by atoms with van der Waals surface area (Å²) in [5.74, 6) is 0.935. The molecule has 19 heavy (non-hydrogen) atoms. The second kappa shape index (κ2) is 6.57. The number of guanidine groups is 1. The summed E-state index contributed by atoms with van der Waals surface area (Å²) in [4.78, 5) is 6.68. The minimum atomic E-state index is 0.354. The van der Waals surface area contributed by atoms with E-state index < -0.39 is 0 Å². The lowest BCUT2D eigenvalue weighted by atomic mass is 10.0. The van der Waals surface area contributed by atoms with E-state index in [4.69, 9.17) is 0 Å². The van der Waals surface area contributed by atoms with Crippen LogP contribution in [0.5, 0.6) is 0 Å². The molecule has 1 aliphatic heterocycles. The predicted molar refractivity (Wildman–Crippen MR) is 80.5 cm³/mol. The van der Waals surface area contributed by atoms with Crippen molar-refractivity contribution in [2.45, 2.75) is 19.4 Å². The topological polar surface area (TPSA) is 39.7 Å². The number of hydrogen-bond acceptors (Lipinski definition) is 4. The van der Waals surface area contributed by atoms with Gasteiger partial charge in [0.1, 0.15) is 0 Å². The first-order chi connectivity index (χ1) is 9.16. The second-order valence-corrected chi connectivity index (χ2v) is 5.28.